The van der Waals surface area contributed by atoms with Crippen molar-refractivity contribution >= 4 is 5.97 Å². The third-order valence-corrected chi connectivity index (χ3v) is 4.11. The van der Waals surface area contributed by atoms with Gasteiger partial charge in [-0.1, -0.05) is 12.1 Å². The summed E-state index contributed by atoms with van der Waals surface area (Å²) in [5, 5.41) is 8.87. The monoisotopic (exact) mass is 333 g/mol. The smallest absolute Gasteiger partial charge is 0.357 e. The van der Waals surface area contributed by atoms with Crippen molar-refractivity contribution < 1.29 is 18.7 Å². The highest BCUT2D eigenvalue weighted by Gasteiger charge is 2.18. The third kappa shape index (κ3) is 4.39. The molecule has 2 heterocycles. The zero-order valence-electron chi connectivity index (χ0n) is 13.3. The number of carbonyl (C=O) groups is 1. The Labute approximate surface area is 139 Å². The molecule has 1 aromatic heterocycles. The highest BCUT2D eigenvalue weighted by molar-refractivity contribution is 5.84. The second-order valence-corrected chi connectivity index (χ2v) is 5.97. The van der Waals surface area contributed by atoms with Gasteiger partial charge in [0.25, 0.3) is 0 Å². The minimum absolute atomic E-state index is 0.0625. The fraction of sp³-hybridized carbons (Fsp3) is 0.412. The lowest BCUT2D eigenvalue weighted by atomic mass is 10.2. The Balaban J connectivity index is 1.53. The van der Waals surface area contributed by atoms with E-state index < -0.39 is 5.97 Å². The van der Waals surface area contributed by atoms with Gasteiger partial charge in [0.15, 0.2) is 5.69 Å². The molecule has 0 aliphatic carbocycles. The Kier molecular flexibility index (Phi) is 5.22. The van der Waals surface area contributed by atoms with E-state index in [9.17, 15) is 9.18 Å². The number of oxazole rings is 1. The number of hydrogen-bond donors (Lipinski definition) is 1. The molecule has 1 saturated heterocycles. The minimum Gasteiger partial charge on any atom is -0.476 e. The second-order valence-electron chi connectivity index (χ2n) is 5.97. The molecule has 1 aliphatic rings. The summed E-state index contributed by atoms with van der Waals surface area (Å²) >= 11 is 0. The average molecular weight is 333 g/mol. The second kappa shape index (κ2) is 7.55. The normalized spacial score (nSPS) is 16.9. The molecule has 0 saturated carbocycles. The van der Waals surface area contributed by atoms with Gasteiger partial charge in [-0.25, -0.2) is 14.2 Å². The molecular formula is C17H20FN3O3. The molecule has 24 heavy (non-hydrogen) atoms. The van der Waals surface area contributed by atoms with Crippen molar-refractivity contribution in [2.24, 2.45) is 0 Å². The van der Waals surface area contributed by atoms with Crippen LogP contribution in [-0.2, 0) is 13.1 Å². The summed E-state index contributed by atoms with van der Waals surface area (Å²) in [6.45, 7) is 4.77. The number of carboxylic acids is 1. The Morgan fingerprint density at radius 2 is 1.96 bits per heavy atom. The van der Waals surface area contributed by atoms with Crippen molar-refractivity contribution in [1.29, 1.82) is 0 Å². The van der Waals surface area contributed by atoms with Gasteiger partial charge >= 0.3 is 5.97 Å². The van der Waals surface area contributed by atoms with Crippen molar-refractivity contribution in [1.82, 2.24) is 14.8 Å². The summed E-state index contributed by atoms with van der Waals surface area (Å²) in [4.78, 5) is 19.3. The van der Waals surface area contributed by atoms with E-state index in [1.165, 1.54) is 12.3 Å². The van der Waals surface area contributed by atoms with Gasteiger partial charge in [0.05, 0.1) is 6.54 Å². The van der Waals surface area contributed by atoms with Gasteiger partial charge in [0, 0.05) is 19.6 Å². The van der Waals surface area contributed by atoms with Crippen LogP contribution in [0.1, 0.15) is 28.4 Å². The topological polar surface area (TPSA) is 69.8 Å². The molecule has 1 N–H and O–H groups in total. The maximum atomic E-state index is 13.3. The summed E-state index contributed by atoms with van der Waals surface area (Å²) in [6.07, 6.45) is 2.16. The Bertz CT molecular complexity index is 704. The van der Waals surface area contributed by atoms with Crippen LogP contribution in [-0.4, -0.2) is 52.0 Å². The molecule has 0 bridgehead atoms. The molecule has 6 nitrogen and oxygen atoms in total. The van der Waals surface area contributed by atoms with Crippen molar-refractivity contribution in [2.45, 2.75) is 19.5 Å². The summed E-state index contributed by atoms with van der Waals surface area (Å²) in [6, 6.07) is 6.70. The summed E-state index contributed by atoms with van der Waals surface area (Å²) < 4.78 is 18.5. The molecule has 3 rings (SSSR count). The zero-order chi connectivity index (χ0) is 16.9. The van der Waals surface area contributed by atoms with Crippen LogP contribution >= 0.6 is 0 Å². The van der Waals surface area contributed by atoms with Crippen LogP contribution in [0.25, 0.3) is 0 Å². The lowest BCUT2D eigenvalue weighted by Crippen LogP contribution is -2.30. The number of halogens is 1. The van der Waals surface area contributed by atoms with Crippen LogP contribution in [0, 0.1) is 5.82 Å². The largest absolute Gasteiger partial charge is 0.476 e. The van der Waals surface area contributed by atoms with E-state index in [2.05, 4.69) is 14.8 Å². The average Bonchev–Trinajstić information content (AvgIpc) is 2.90. The van der Waals surface area contributed by atoms with Crippen molar-refractivity contribution in [3.05, 3.63) is 53.5 Å². The predicted molar refractivity (Wildman–Crippen MR) is 85.0 cm³/mol. The first-order valence-electron chi connectivity index (χ1n) is 7.97. The lowest BCUT2D eigenvalue weighted by Gasteiger charge is -2.21. The molecule has 0 unspecified atom stereocenters. The van der Waals surface area contributed by atoms with Crippen LogP contribution in [0.5, 0.6) is 0 Å². The number of carboxylic acid groups (broad SMARTS) is 1. The van der Waals surface area contributed by atoms with E-state index in [1.807, 2.05) is 6.07 Å². The molecule has 1 aliphatic heterocycles. The number of hydrogen-bond acceptors (Lipinski definition) is 5. The fourth-order valence-electron chi connectivity index (χ4n) is 2.91. The summed E-state index contributed by atoms with van der Waals surface area (Å²) in [5.41, 5.74) is 0.912. The Hall–Kier alpha value is -2.25. The Morgan fingerprint density at radius 1 is 1.21 bits per heavy atom. The molecule has 0 radical (unpaired) electrons. The van der Waals surface area contributed by atoms with Crippen LogP contribution in [0.4, 0.5) is 4.39 Å². The van der Waals surface area contributed by atoms with Crippen LogP contribution in [0.2, 0.25) is 0 Å². The predicted octanol–water partition coefficient (Wildman–Crippen LogP) is 2.22. The molecular weight excluding hydrogens is 313 g/mol. The molecule has 1 fully saturated rings. The van der Waals surface area contributed by atoms with Gasteiger partial charge in [-0.15, -0.1) is 0 Å². The van der Waals surface area contributed by atoms with Gasteiger partial charge in [-0.2, -0.15) is 0 Å². The van der Waals surface area contributed by atoms with Gasteiger partial charge in [-0.05, 0) is 37.2 Å². The van der Waals surface area contributed by atoms with Crippen molar-refractivity contribution in [3.8, 4) is 0 Å². The number of aromatic carboxylic acids is 1. The van der Waals surface area contributed by atoms with E-state index in [-0.39, 0.29) is 11.5 Å². The lowest BCUT2D eigenvalue weighted by molar-refractivity contribution is 0.0690. The number of rotatable bonds is 5. The number of nitrogens with zero attached hydrogens (tertiary/aromatic N) is 3. The third-order valence-electron chi connectivity index (χ3n) is 4.11. The zero-order valence-corrected chi connectivity index (χ0v) is 13.3. The molecule has 1 aromatic carbocycles. The molecule has 7 heteroatoms. The number of aromatic nitrogens is 1. The van der Waals surface area contributed by atoms with E-state index in [1.54, 1.807) is 12.1 Å². The molecule has 0 amide bonds. The summed E-state index contributed by atoms with van der Waals surface area (Å²) in [7, 11) is 0. The van der Waals surface area contributed by atoms with E-state index in [4.69, 9.17) is 9.52 Å². The molecule has 2 aromatic rings. The maximum Gasteiger partial charge on any atom is 0.357 e. The Morgan fingerprint density at radius 3 is 2.62 bits per heavy atom. The molecule has 0 atom stereocenters. The van der Waals surface area contributed by atoms with Crippen LogP contribution < -0.4 is 0 Å². The van der Waals surface area contributed by atoms with E-state index in [0.717, 1.165) is 44.7 Å². The first kappa shape index (κ1) is 16.6. The van der Waals surface area contributed by atoms with Crippen LogP contribution in [0.15, 0.2) is 34.9 Å². The van der Waals surface area contributed by atoms with E-state index >= 15 is 0 Å². The van der Waals surface area contributed by atoms with Gasteiger partial charge in [0.2, 0.25) is 5.89 Å². The first-order valence-corrected chi connectivity index (χ1v) is 7.97. The molecule has 128 valence electrons. The quantitative estimate of drug-likeness (QED) is 0.905. The van der Waals surface area contributed by atoms with Crippen molar-refractivity contribution in [2.75, 3.05) is 26.2 Å². The fourth-order valence-corrected chi connectivity index (χ4v) is 2.91. The maximum absolute atomic E-state index is 13.3. The first-order chi connectivity index (χ1) is 11.6. The van der Waals surface area contributed by atoms with Crippen LogP contribution in [0.3, 0.4) is 0 Å². The standard InChI is InChI=1S/C17H20FN3O3/c18-14-4-1-3-13(9-14)10-20-5-2-6-21(8-7-20)11-16-19-15(12-24-16)17(22)23/h1,3-4,9,12H,2,5-8,10-11H2,(H,22,23). The van der Waals surface area contributed by atoms with Crippen molar-refractivity contribution in [3.63, 3.8) is 0 Å². The minimum atomic E-state index is -1.08. The van der Waals surface area contributed by atoms with Gasteiger partial charge in [0.1, 0.15) is 12.1 Å². The highest BCUT2D eigenvalue weighted by atomic mass is 19.1. The number of benzene rings is 1. The van der Waals surface area contributed by atoms with Gasteiger partial charge in [-0.3, -0.25) is 9.80 Å². The SMILES string of the molecule is O=C(O)c1coc(CN2CCCN(Cc3cccc(F)c3)CC2)n1. The highest BCUT2D eigenvalue weighted by Crippen LogP contribution is 2.13. The summed E-state index contributed by atoms with van der Waals surface area (Å²) in [5.74, 6) is -0.866. The molecule has 0 spiro atoms. The van der Waals surface area contributed by atoms with E-state index in [0.29, 0.717) is 12.4 Å². The van der Waals surface area contributed by atoms with Gasteiger partial charge < -0.3 is 9.52 Å².